The Morgan fingerprint density at radius 2 is 1.64 bits per heavy atom. The van der Waals surface area contributed by atoms with Crippen LogP contribution in [0.5, 0.6) is 0 Å². The second-order valence-corrected chi connectivity index (χ2v) is 10.8. The molecule has 0 unspecified atom stereocenters. The molecule has 3 aromatic heterocycles. The van der Waals surface area contributed by atoms with E-state index in [2.05, 4.69) is 46.5 Å². The van der Waals surface area contributed by atoms with Crippen molar-refractivity contribution in [1.29, 1.82) is 0 Å². The number of nitrogens with zero attached hydrogens (tertiary/aromatic N) is 4. The van der Waals surface area contributed by atoms with Gasteiger partial charge in [-0.2, -0.15) is 0 Å². The number of rotatable bonds is 4. The molecular formula is C26H23F6N4O2P. The summed E-state index contributed by atoms with van der Waals surface area (Å²) >= 11 is 0. The molecule has 0 bridgehead atoms. The van der Waals surface area contributed by atoms with Gasteiger partial charge in [0.15, 0.2) is 6.20 Å². The molecule has 0 fully saturated rings. The van der Waals surface area contributed by atoms with Gasteiger partial charge >= 0.3 is 33.0 Å². The molecule has 206 valence electrons. The summed E-state index contributed by atoms with van der Waals surface area (Å²) in [7, 11) is -8.62. The van der Waals surface area contributed by atoms with E-state index in [1.165, 1.54) is 5.39 Å². The Bertz CT molecular complexity index is 1790. The van der Waals surface area contributed by atoms with E-state index in [1.54, 1.807) is 12.1 Å². The number of para-hydroxylation sites is 1. The second kappa shape index (κ2) is 9.01. The van der Waals surface area contributed by atoms with Gasteiger partial charge in [-0.3, -0.25) is 15.1 Å². The summed E-state index contributed by atoms with van der Waals surface area (Å²) < 4.78 is 63.5. The van der Waals surface area contributed by atoms with E-state index in [0.717, 1.165) is 50.8 Å². The fourth-order valence-electron chi connectivity index (χ4n) is 4.57. The van der Waals surface area contributed by atoms with Crippen molar-refractivity contribution in [3.63, 3.8) is 0 Å². The predicted octanol–water partition coefficient (Wildman–Crippen LogP) is 8.96. The van der Waals surface area contributed by atoms with Crippen molar-refractivity contribution in [2.75, 3.05) is 0 Å². The Hall–Kier alpha value is -4.05. The third-order valence-corrected chi connectivity index (χ3v) is 6.05. The second-order valence-electron chi connectivity index (χ2n) is 8.92. The standard InChI is InChI=1S/C26H23N4O2.F6P/c1-4-29-25-12-11-20(30(31)32)16-22(25)23-15-19(27-17(2)26(23)29)10-9-18-13-14-28(3)24-8-6-5-7-21(18)24;1-7(2,3,4,5)6/h5-16H,4H2,1-3H3;/q+1;-1. The SMILES string of the molecule is CCn1c2ccc([N+](=O)[O-])cc2c2cc(/C=C/c3cc[n+](C)c4ccccc34)nc(C)c21.F[P-](F)(F)(F)(F)F. The van der Waals surface area contributed by atoms with E-state index >= 15 is 0 Å². The molecule has 0 radical (unpaired) electrons. The van der Waals surface area contributed by atoms with E-state index in [9.17, 15) is 35.3 Å². The molecule has 5 rings (SSSR count). The summed E-state index contributed by atoms with van der Waals surface area (Å²) in [5.41, 5.74) is 6.12. The van der Waals surface area contributed by atoms with Gasteiger partial charge in [0.05, 0.1) is 27.2 Å². The first kappa shape index (κ1) is 28.0. The maximum absolute atomic E-state index is 11.4. The average Bonchev–Trinajstić information content (AvgIpc) is 3.15. The molecule has 0 aliphatic heterocycles. The zero-order chi connectivity index (χ0) is 28.8. The van der Waals surface area contributed by atoms with Crippen molar-refractivity contribution in [2.24, 2.45) is 7.05 Å². The van der Waals surface area contributed by atoms with E-state index in [1.807, 2.05) is 44.3 Å². The van der Waals surface area contributed by atoms with Gasteiger partial charge in [-0.05, 0) is 43.7 Å². The first-order valence-corrected chi connectivity index (χ1v) is 13.7. The number of halogens is 6. The van der Waals surface area contributed by atoms with Crippen molar-refractivity contribution in [3.05, 3.63) is 87.9 Å². The van der Waals surface area contributed by atoms with Gasteiger partial charge in [-0.1, -0.05) is 18.2 Å². The molecule has 6 nitrogen and oxygen atoms in total. The van der Waals surface area contributed by atoms with Crippen LogP contribution in [0.1, 0.15) is 23.9 Å². The quantitative estimate of drug-likeness (QED) is 0.0715. The van der Waals surface area contributed by atoms with Crippen LogP contribution < -0.4 is 4.57 Å². The summed E-state index contributed by atoms with van der Waals surface area (Å²) in [5, 5.41) is 14.4. The van der Waals surface area contributed by atoms with Crippen LogP contribution in [0.4, 0.5) is 30.9 Å². The average molecular weight is 568 g/mol. The van der Waals surface area contributed by atoms with Gasteiger partial charge in [-0.15, -0.1) is 0 Å². The summed E-state index contributed by atoms with van der Waals surface area (Å²) in [6, 6.07) is 17.5. The van der Waals surface area contributed by atoms with Gasteiger partial charge < -0.3 is 4.57 Å². The normalized spacial score (nSPS) is 13.9. The van der Waals surface area contributed by atoms with Crippen molar-refractivity contribution in [1.82, 2.24) is 9.55 Å². The van der Waals surface area contributed by atoms with Crippen molar-refractivity contribution < 1.29 is 34.7 Å². The topological polar surface area (TPSA) is 64.8 Å². The molecule has 0 saturated carbocycles. The van der Waals surface area contributed by atoms with Crippen LogP contribution in [0.15, 0.2) is 60.8 Å². The van der Waals surface area contributed by atoms with E-state index in [4.69, 9.17) is 4.98 Å². The molecule has 13 heteroatoms. The summed E-state index contributed by atoms with van der Waals surface area (Å²) in [6.07, 6.45) is 6.15. The van der Waals surface area contributed by atoms with Crippen LogP contribution in [-0.2, 0) is 13.6 Å². The van der Waals surface area contributed by atoms with Crippen molar-refractivity contribution in [3.8, 4) is 0 Å². The molecular weight excluding hydrogens is 545 g/mol. The molecule has 0 amide bonds. The van der Waals surface area contributed by atoms with Gasteiger partial charge in [0.1, 0.15) is 7.05 Å². The fourth-order valence-corrected chi connectivity index (χ4v) is 4.57. The number of fused-ring (bicyclic) bond motifs is 4. The number of hydrogen-bond acceptors (Lipinski definition) is 3. The number of hydrogen-bond donors (Lipinski definition) is 0. The van der Waals surface area contributed by atoms with E-state index in [0.29, 0.717) is 0 Å². The third-order valence-electron chi connectivity index (χ3n) is 6.05. The Kier molecular flexibility index (Phi) is 6.46. The van der Waals surface area contributed by atoms with Gasteiger partial charge in [0, 0.05) is 47.1 Å². The Balaban J connectivity index is 0.000000448. The summed E-state index contributed by atoms with van der Waals surface area (Å²) in [6.45, 7) is 4.84. The zero-order valence-corrected chi connectivity index (χ0v) is 21.9. The number of pyridine rings is 2. The number of nitro benzene ring substituents is 1. The molecule has 0 aliphatic rings. The molecule has 0 atom stereocenters. The number of aromatic nitrogens is 3. The Labute approximate surface area is 218 Å². The van der Waals surface area contributed by atoms with Crippen molar-refractivity contribution >= 4 is 58.4 Å². The molecule has 0 aliphatic carbocycles. The fraction of sp³-hybridized carbons (Fsp3) is 0.154. The molecule has 0 spiro atoms. The van der Waals surface area contributed by atoms with Crippen LogP contribution in [0.3, 0.4) is 0 Å². The predicted molar refractivity (Wildman–Crippen MR) is 142 cm³/mol. The third kappa shape index (κ3) is 6.69. The molecule has 0 saturated heterocycles. The molecule has 0 N–H and O–H groups in total. The number of non-ortho nitro benzene ring substituents is 1. The monoisotopic (exact) mass is 568 g/mol. The Morgan fingerprint density at radius 3 is 2.28 bits per heavy atom. The molecule has 5 aromatic rings. The molecule has 39 heavy (non-hydrogen) atoms. The van der Waals surface area contributed by atoms with Crippen LogP contribution in [0.2, 0.25) is 0 Å². The minimum absolute atomic E-state index is 0.0998. The number of aryl methyl sites for hydroxylation is 3. The van der Waals surface area contributed by atoms with E-state index < -0.39 is 7.81 Å². The van der Waals surface area contributed by atoms with Gasteiger partial charge in [0.25, 0.3) is 5.69 Å². The summed E-state index contributed by atoms with van der Waals surface area (Å²) in [4.78, 5) is 15.8. The minimum atomic E-state index is -10.7. The van der Waals surface area contributed by atoms with Gasteiger partial charge in [0.2, 0.25) is 5.52 Å². The first-order chi connectivity index (χ1) is 17.9. The van der Waals surface area contributed by atoms with Crippen molar-refractivity contribution in [2.45, 2.75) is 20.4 Å². The van der Waals surface area contributed by atoms with Crippen LogP contribution in [-0.4, -0.2) is 14.5 Å². The number of benzene rings is 2. The maximum atomic E-state index is 11.4. The molecule has 2 aromatic carbocycles. The van der Waals surface area contributed by atoms with Crippen LogP contribution >= 0.6 is 7.81 Å². The van der Waals surface area contributed by atoms with Crippen LogP contribution in [0, 0.1) is 17.0 Å². The van der Waals surface area contributed by atoms with Gasteiger partial charge in [-0.25, -0.2) is 4.57 Å². The number of nitro groups is 1. The van der Waals surface area contributed by atoms with Crippen LogP contribution in [0.25, 0.3) is 44.9 Å². The Morgan fingerprint density at radius 1 is 0.974 bits per heavy atom. The summed E-state index contributed by atoms with van der Waals surface area (Å²) in [5.74, 6) is 0. The van der Waals surface area contributed by atoms with E-state index in [-0.39, 0.29) is 10.6 Å². The zero-order valence-electron chi connectivity index (χ0n) is 21.0. The molecule has 3 heterocycles. The first-order valence-electron chi connectivity index (χ1n) is 11.6.